The Morgan fingerprint density at radius 1 is 1.36 bits per heavy atom. The molecular formula is C11H20O3. The fraction of sp³-hybridized carbons (Fsp3) is 0.727. The van der Waals surface area contributed by atoms with E-state index < -0.39 is 0 Å². The number of rotatable bonds is 8. The maximum atomic E-state index is 11.2. The normalized spacial score (nSPS) is 9.86. The van der Waals surface area contributed by atoms with Crippen LogP contribution in [-0.2, 0) is 9.53 Å². The minimum Gasteiger partial charge on any atom is -0.462 e. The van der Waals surface area contributed by atoms with Crippen LogP contribution in [0.4, 0.5) is 0 Å². The summed E-state index contributed by atoms with van der Waals surface area (Å²) in [7, 11) is 0. The summed E-state index contributed by atoms with van der Waals surface area (Å²) >= 11 is 0. The molecule has 0 aromatic carbocycles. The van der Waals surface area contributed by atoms with Crippen molar-refractivity contribution in [1.82, 2.24) is 0 Å². The summed E-state index contributed by atoms with van der Waals surface area (Å²) in [5, 5.41) is 8.55. The second-order valence-electron chi connectivity index (χ2n) is 3.27. The summed E-state index contributed by atoms with van der Waals surface area (Å²) in [6, 6.07) is 0. The average molecular weight is 200 g/mol. The highest BCUT2D eigenvalue weighted by Crippen LogP contribution is 2.07. The molecular weight excluding hydrogens is 180 g/mol. The summed E-state index contributed by atoms with van der Waals surface area (Å²) in [4.78, 5) is 11.2. The van der Waals surface area contributed by atoms with E-state index in [-0.39, 0.29) is 12.6 Å². The fourth-order valence-corrected chi connectivity index (χ4v) is 0.964. The van der Waals surface area contributed by atoms with E-state index >= 15 is 0 Å². The molecule has 0 heterocycles. The van der Waals surface area contributed by atoms with Crippen LogP contribution < -0.4 is 0 Å². The minimum absolute atomic E-state index is 0.165. The molecule has 0 bridgehead atoms. The molecule has 0 aliphatic carbocycles. The van der Waals surface area contributed by atoms with Crippen molar-refractivity contribution in [3.8, 4) is 0 Å². The molecule has 0 fully saturated rings. The summed E-state index contributed by atoms with van der Waals surface area (Å²) in [5.74, 6) is -0.295. The number of aliphatic hydroxyl groups is 1. The van der Waals surface area contributed by atoms with E-state index in [0.717, 1.165) is 19.3 Å². The number of unbranched alkanes of at least 4 members (excludes halogenated alkanes) is 2. The van der Waals surface area contributed by atoms with Crippen molar-refractivity contribution in [2.24, 2.45) is 0 Å². The van der Waals surface area contributed by atoms with Crippen LogP contribution in [0.25, 0.3) is 0 Å². The first-order chi connectivity index (χ1) is 6.72. The first-order valence-corrected chi connectivity index (χ1v) is 5.18. The summed E-state index contributed by atoms with van der Waals surface area (Å²) in [5.41, 5.74) is 0.509. The molecule has 0 radical (unpaired) electrons. The number of hydrogen-bond acceptors (Lipinski definition) is 3. The van der Waals surface area contributed by atoms with Crippen molar-refractivity contribution in [2.75, 3.05) is 13.2 Å². The Balaban J connectivity index is 3.50. The first-order valence-electron chi connectivity index (χ1n) is 5.18. The zero-order valence-electron chi connectivity index (χ0n) is 8.92. The smallest absolute Gasteiger partial charge is 0.333 e. The zero-order chi connectivity index (χ0) is 10.8. The Labute approximate surface area is 85.8 Å². The van der Waals surface area contributed by atoms with Gasteiger partial charge in [-0.25, -0.2) is 4.79 Å². The lowest BCUT2D eigenvalue weighted by atomic mass is 10.1. The molecule has 0 spiro atoms. The van der Waals surface area contributed by atoms with E-state index in [1.807, 2.05) is 6.92 Å². The molecule has 0 saturated carbocycles. The maximum Gasteiger partial charge on any atom is 0.333 e. The molecule has 14 heavy (non-hydrogen) atoms. The largest absolute Gasteiger partial charge is 0.462 e. The van der Waals surface area contributed by atoms with Gasteiger partial charge in [0.25, 0.3) is 0 Å². The third-order valence-electron chi connectivity index (χ3n) is 1.91. The van der Waals surface area contributed by atoms with Gasteiger partial charge in [-0.05, 0) is 25.7 Å². The van der Waals surface area contributed by atoms with Crippen LogP contribution in [0.5, 0.6) is 0 Å². The van der Waals surface area contributed by atoms with Gasteiger partial charge in [0.05, 0.1) is 6.61 Å². The monoisotopic (exact) mass is 200 g/mol. The number of ether oxygens (including phenoxy) is 1. The van der Waals surface area contributed by atoms with Crippen molar-refractivity contribution < 1.29 is 14.6 Å². The number of hydrogen-bond donors (Lipinski definition) is 1. The van der Waals surface area contributed by atoms with Crippen molar-refractivity contribution in [2.45, 2.75) is 39.0 Å². The van der Waals surface area contributed by atoms with E-state index in [2.05, 4.69) is 6.58 Å². The van der Waals surface area contributed by atoms with Gasteiger partial charge in [0.2, 0.25) is 0 Å². The number of carbonyl (C=O) groups is 1. The summed E-state index contributed by atoms with van der Waals surface area (Å²) < 4.78 is 4.97. The first kappa shape index (κ1) is 13.2. The third kappa shape index (κ3) is 6.66. The van der Waals surface area contributed by atoms with Gasteiger partial charge >= 0.3 is 5.97 Å². The van der Waals surface area contributed by atoms with E-state index in [4.69, 9.17) is 9.84 Å². The Bertz CT molecular complexity index is 155. The second-order valence-corrected chi connectivity index (χ2v) is 3.27. The lowest BCUT2D eigenvalue weighted by Gasteiger charge is -2.05. The van der Waals surface area contributed by atoms with Gasteiger partial charge in [0.1, 0.15) is 0 Å². The van der Waals surface area contributed by atoms with Crippen molar-refractivity contribution in [3.63, 3.8) is 0 Å². The number of aliphatic hydroxyl groups excluding tert-OH is 1. The molecule has 3 heteroatoms. The number of carbonyl (C=O) groups excluding carboxylic acids is 1. The van der Waals surface area contributed by atoms with E-state index in [1.165, 1.54) is 0 Å². The molecule has 0 saturated heterocycles. The molecule has 0 aliphatic heterocycles. The van der Waals surface area contributed by atoms with Crippen LogP contribution in [0.1, 0.15) is 39.0 Å². The predicted octanol–water partition coefficient (Wildman–Crippen LogP) is 2.05. The highest BCUT2D eigenvalue weighted by molar-refractivity contribution is 5.87. The topological polar surface area (TPSA) is 46.5 Å². The standard InChI is InChI=1S/C11H20O3/c1-3-4-9-14-11(13)10(2)7-5-6-8-12/h12H,2-9H2,1H3. The maximum absolute atomic E-state index is 11.2. The van der Waals surface area contributed by atoms with Gasteiger partial charge in [-0.3, -0.25) is 0 Å². The Morgan fingerprint density at radius 2 is 2.07 bits per heavy atom. The van der Waals surface area contributed by atoms with Crippen LogP contribution in [0.2, 0.25) is 0 Å². The molecule has 0 unspecified atom stereocenters. The van der Waals surface area contributed by atoms with Gasteiger partial charge < -0.3 is 9.84 Å². The summed E-state index contributed by atoms with van der Waals surface area (Å²) in [6.07, 6.45) is 4.03. The Kier molecular flexibility index (Phi) is 8.24. The van der Waals surface area contributed by atoms with Crippen molar-refractivity contribution in [3.05, 3.63) is 12.2 Å². The Morgan fingerprint density at radius 3 is 2.64 bits per heavy atom. The lowest BCUT2D eigenvalue weighted by Crippen LogP contribution is -2.08. The lowest BCUT2D eigenvalue weighted by molar-refractivity contribution is -0.139. The van der Waals surface area contributed by atoms with E-state index in [0.29, 0.717) is 25.0 Å². The van der Waals surface area contributed by atoms with Crippen molar-refractivity contribution >= 4 is 5.97 Å². The molecule has 0 aliphatic rings. The van der Waals surface area contributed by atoms with Crippen molar-refractivity contribution in [1.29, 1.82) is 0 Å². The molecule has 82 valence electrons. The summed E-state index contributed by atoms with van der Waals surface area (Å²) in [6.45, 7) is 6.34. The average Bonchev–Trinajstić information content (AvgIpc) is 2.18. The van der Waals surface area contributed by atoms with Crippen LogP contribution in [0.3, 0.4) is 0 Å². The van der Waals surface area contributed by atoms with Gasteiger partial charge in [0, 0.05) is 12.2 Å². The highest BCUT2D eigenvalue weighted by Gasteiger charge is 2.07. The van der Waals surface area contributed by atoms with Gasteiger partial charge in [-0.1, -0.05) is 19.9 Å². The zero-order valence-corrected chi connectivity index (χ0v) is 8.92. The highest BCUT2D eigenvalue weighted by atomic mass is 16.5. The van der Waals surface area contributed by atoms with Gasteiger partial charge in [0.15, 0.2) is 0 Å². The third-order valence-corrected chi connectivity index (χ3v) is 1.91. The molecule has 0 amide bonds. The van der Waals surface area contributed by atoms with Crippen LogP contribution >= 0.6 is 0 Å². The van der Waals surface area contributed by atoms with Gasteiger partial charge in [-0.15, -0.1) is 0 Å². The quantitative estimate of drug-likeness (QED) is 0.370. The molecule has 0 atom stereocenters. The molecule has 0 aromatic heterocycles. The number of esters is 1. The minimum atomic E-state index is -0.295. The van der Waals surface area contributed by atoms with E-state index in [9.17, 15) is 4.79 Å². The van der Waals surface area contributed by atoms with Crippen LogP contribution in [0, 0.1) is 0 Å². The predicted molar refractivity (Wildman–Crippen MR) is 55.9 cm³/mol. The van der Waals surface area contributed by atoms with Crippen LogP contribution in [0.15, 0.2) is 12.2 Å². The van der Waals surface area contributed by atoms with Crippen LogP contribution in [-0.4, -0.2) is 24.3 Å². The van der Waals surface area contributed by atoms with E-state index in [1.54, 1.807) is 0 Å². The van der Waals surface area contributed by atoms with Gasteiger partial charge in [-0.2, -0.15) is 0 Å². The molecule has 0 rings (SSSR count). The molecule has 3 nitrogen and oxygen atoms in total. The SMILES string of the molecule is C=C(CCCCO)C(=O)OCCCC. The Hall–Kier alpha value is -0.830. The second kappa shape index (κ2) is 8.75. The fourth-order valence-electron chi connectivity index (χ4n) is 0.964. The molecule has 1 N–H and O–H groups in total. The molecule has 0 aromatic rings.